The second kappa shape index (κ2) is 3.90. The molecule has 0 saturated heterocycles. The van der Waals surface area contributed by atoms with Crippen molar-refractivity contribution in [1.82, 2.24) is 9.78 Å². The third-order valence-electron chi connectivity index (χ3n) is 1.82. The molecule has 0 bridgehead atoms. The molecule has 2 nitrogen and oxygen atoms in total. The lowest BCUT2D eigenvalue weighted by molar-refractivity contribution is 0.767. The highest BCUT2D eigenvalue weighted by molar-refractivity contribution is 5.65. The van der Waals surface area contributed by atoms with Crippen molar-refractivity contribution in [2.75, 3.05) is 0 Å². The fraction of sp³-hybridized carbons (Fsp3) is 0.182. The molecule has 0 unspecified atom stereocenters. The first-order valence-electron chi connectivity index (χ1n) is 4.12. The minimum Gasteiger partial charge on any atom is -0.275 e. The van der Waals surface area contributed by atoms with Gasteiger partial charge in [0.2, 0.25) is 0 Å². The van der Waals surface area contributed by atoms with Crippen molar-refractivity contribution in [1.29, 1.82) is 0 Å². The van der Waals surface area contributed by atoms with Gasteiger partial charge in [0.25, 0.3) is 0 Å². The number of aryl methyl sites for hydroxylation is 1. The Morgan fingerprint density at radius 1 is 1.62 bits per heavy atom. The Morgan fingerprint density at radius 3 is 2.77 bits per heavy atom. The largest absolute Gasteiger partial charge is 0.275 e. The second-order valence-electron chi connectivity index (χ2n) is 3.01. The summed E-state index contributed by atoms with van der Waals surface area (Å²) in [5.74, 6) is 0. The molecule has 0 aliphatic carbocycles. The standard InChI is InChI=1S/C11H14N2/c1-5-9(2)6-10(3)11-7-12-13(4)8-11/h5-8H,1-2H2,3-4H3. The van der Waals surface area contributed by atoms with E-state index in [2.05, 4.69) is 18.3 Å². The topological polar surface area (TPSA) is 17.8 Å². The number of rotatable bonds is 3. The third kappa shape index (κ3) is 2.44. The molecular formula is C11H14N2. The van der Waals surface area contributed by atoms with Crippen LogP contribution >= 0.6 is 0 Å². The zero-order valence-electron chi connectivity index (χ0n) is 8.12. The van der Waals surface area contributed by atoms with E-state index in [4.69, 9.17) is 0 Å². The first-order chi connectivity index (χ1) is 6.13. The number of allylic oxidation sites excluding steroid dienone is 4. The average Bonchev–Trinajstić information content (AvgIpc) is 2.51. The van der Waals surface area contributed by atoms with Crippen LogP contribution in [0.3, 0.4) is 0 Å². The summed E-state index contributed by atoms with van der Waals surface area (Å²) in [5.41, 5.74) is 3.19. The Balaban J connectivity index is 2.90. The van der Waals surface area contributed by atoms with Crippen molar-refractivity contribution in [3.8, 4) is 0 Å². The first-order valence-corrected chi connectivity index (χ1v) is 4.12. The van der Waals surface area contributed by atoms with Crippen LogP contribution in [-0.4, -0.2) is 9.78 Å². The maximum Gasteiger partial charge on any atom is 0.0564 e. The SMILES string of the molecule is C=CC(=C)C=C(C)c1cnn(C)c1. The van der Waals surface area contributed by atoms with Crippen LogP contribution in [0.4, 0.5) is 0 Å². The molecule has 0 amide bonds. The Morgan fingerprint density at radius 2 is 2.31 bits per heavy atom. The molecule has 0 radical (unpaired) electrons. The Labute approximate surface area is 78.9 Å². The van der Waals surface area contributed by atoms with Gasteiger partial charge < -0.3 is 0 Å². The van der Waals surface area contributed by atoms with Crippen molar-refractivity contribution in [2.45, 2.75) is 6.92 Å². The van der Waals surface area contributed by atoms with Gasteiger partial charge in [0.1, 0.15) is 0 Å². The summed E-state index contributed by atoms with van der Waals surface area (Å²) in [4.78, 5) is 0. The predicted octanol–water partition coefficient (Wildman–Crippen LogP) is 2.57. The summed E-state index contributed by atoms with van der Waals surface area (Å²) in [7, 11) is 1.90. The molecule has 1 rings (SSSR count). The molecule has 0 aliphatic rings. The van der Waals surface area contributed by atoms with Gasteiger partial charge in [-0.25, -0.2) is 0 Å². The molecule has 1 aromatic rings. The molecule has 0 fully saturated rings. The summed E-state index contributed by atoms with van der Waals surface area (Å²) < 4.78 is 1.78. The molecular weight excluding hydrogens is 160 g/mol. The molecule has 0 saturated carbocycles. The van der Waals surface area contributed by atoms with E-state index in [-0.39, 0.29) is 0 Å². The molecule has 0 atom stereocenters. The molecule has 1 heterocycles. The van der Waals surface area contributed by atoms with Gasteiger partial charge >= 0.3 is 0 Å². The summed E-state index contributed by atoms with van der Waals surface area (Å²) in [6, 6.07) is 0. The van der Waals surface area contributed by atoms with Gasteiger partial charge in [-0.3, -0.25) is 4.68 Å². The van der Waals surface area contributed by atoms with Gasteiger partial charge in [-0.1, -0.05) is 25.3 Å². The van der Waals surface area contributed by atoms with Gasteiger partial charge in [0.05, 0.1) is 6.20 Å². The lowest BCUT2D eigenvalue weighted by atomic mass is 10.1. The van der Waals surface area contributed by atoms with Crippen molar-refractivity contribution < 1.29 is 0 Å². The minimum absolute atomic E-state index is 0.918. The van der Waals surface area contributed by atoms with Gasteiger partial charge in [0, 0.05) is 18.8 Å². The molecule has 2 heteroatoms. The van der Waals surface area contributed by atoms with E-state index in [9.17, 15) is 0 Å². The second-order valence-corrected chi connectivity index (χ2v) is 3.01. The average molecular weight is 174 g/mol. The van der Waals surface area contributed by atoms with E-state index in [1.807, 2.05) is 32.4 Å². The minimum atomic E-state index is 0.918. The quantitative estimate of drug-likeness (QED) is 0.644. The van der Waals surface area contributed by atoms with E-state index in [0.29, 0.717) is 0 Å². The number of hydrogen-bond donors (Lipinski definition) is 0. The molecule has 0 aromatic carbocycles. The van der Waals surface area contributed by atoms with E-state index in [1.165, 1.54) is 0 Å². The zero-order chi connectivity index (χ0) is 9.84. The van der Waals surface area contributed by atoms with Crippen LogP contribution in [0, 0.1) is 0 Å². The Hall–Kier alpha value is -1.57. The summed E-state index contributed by atoms with van der Waals surface area (Å²) >= 11 is 0. The van der Waals surface area contributed by atoms with Crippen molar-refractivity contribution >= 4 is 5.57 Å². The predicted molar refractivity (Wildman–Crippen MR) is 56.2 cm³/mol. The van der Waals surface area contributed by atoms with Gasteiger partial charge in [-0.15, -0.1) is 0 Å². The van der Waals surface area contributed by atoms with Crippen molar-refractivity contribution in [2.24, 2.45) is 7.05 Å². The number of aromatic nitrogens is 2. The van der Waals surface area contributed by atoms with Crippen LogP contribution in [-0.2, 0) is 7.05 Å². The lowest BCUT2D eigenvalue weighted by Crippen LogP contribution is -1.84. The maximum absolute atomic E-state index is 4.09. The van der Waals surface area contributed by atoms with E-state index in [0.717, 1.165) is 16.7 Å². The Bertz CT molecular complexity index is 356. The van der Waals surface area contributed by atoms with Crippen molar-refractivity contribution in [3.63, 3.8) is 0 Å². The highest BCUT2D eigenvalue weighted by Gasteiger charge is 1.97. The molecule has 0 aliphatic heterocycles. The van der Waals surface area contributed by atoms with Crippen LogP contribution in [0.2, 0.25) is 0 Å². The van der Waals surface area contributed by atoms with E-state index < -0.39 is 0 Å². The fourth-order valence-corrected chi connectivity index (χ4v) is 1.05. The van der Waals surface area contributed by atoms with Crippen LogP contribution in [0.25, 0.3) is 5.57 Å². The van der Waals surface area contributed by atoms with Crippen LogP contribution < -0.4 is 0 Å². The third-order valence-corrected chi connectivity index (χ3v) is 1.82. The van der Waals surface area contributed by atoms with Gasteiger partial charge in [0.15, 0.2) is 0 Å². The number of hydrogen-bond acceptors (Lipinski definition) is 1. The Kier molecular flexibility index (Phi) is 2.85. The molecule has 1 aromatic heterocycles. The van der Waals surface area contributed by atoms with E-state index >= 15 is 0 Å². The highest BCUT2D eigenvalue weighted by Crippen LogP contribution is 2.14. The number of nitrogens with zero attached hydrogens (tertiary/aromatic N) is 2. The van der Waals surface area contributed by atoms with Crippen LogP contribution in [0.1, 0.15) is 12.5 Å². The molecule has 68 valence electrons. The highest BCUT2D eigenvalue weighted by atomic mass is 15.2. The fourth-order valence-electron chi connectivity index (χ4n) is 1.05. The van der Waals surface area contributed by atoms with Crippen molar-refractivity contribution in [3.05, 3.63) is 48.8 Å². The monoisotopic (exact) mass is 174 g/mol. The summed E-state index contributed by atoms with van der Waals surface area (Å²) in [6.45, 7) is 9.50. The zero-order valence-corrected chi connectivity index (χ0v) is 8.12. The lowest BCUT2D eigenvalue weighted by Gasteiger charge is -1.95. The summed E-state index contributed by atoms with van der Waals surface area (Å²) in [6.07, 6.45) is 7.54. The van der Waals surface area contributed by atoms with Gasteiger partial charge in [-0.2, -0.15) is 5.10 Å². The van der Waals surface area contributed by atoms with Crippen LogP contribution in [0.15, 0.2) is 43.3 Å². The maximum atomic E-state index is 4.09. The summed E-state index contributed by atoms with van der Waals surface area (Å²) in [5, 5.41) is 4.09. The van der Waals surface area contributed by atoms with Gasteiger partial charge in [-0.05, 0) is 18.1 Å². The molecule has 13 heavy (non-hydrogen) atoms. The smallest absolute Gasteiger partial charge is 0.0564 e. The normalized spacial score (nSPS) is 11.4. The molecule has 0 N–H and O–H groups in total. The van der Waals surface area contributed by atoms with E-state index in [1.54, 1.807) is 10.8 Å². The van der Waals surface area contributed by atoms with Crippen LogP contribution in [0.5, 0.6) is 0 Å². The molecule has 0 spiro atoms. The first kappa shape index (κ1) is 9.52.